The summed E-state index contributed by atoms with van der Waals surface area (Å²) in [6.45, 7) is 3.72. The Hall–Kier alpha value is -4.13. The normalized spacial score (nSPS) is 10.6. The van der Waals surface area contributed by atoms with E-state index in [1.54, 1.807) is 55.5 Å². The lowest BCUT2D eigenvalue weighted by atomic mass is 10.1. The summed E-state index contributed by atoms with van der Waals surface area (Å²) >= 11 is 0. The number of amides is 3. The van der Waals surface area contributed by atoms with E-state index in [-0.39, 0.29) is 5.91 Å². The van der Waals surface area contributed by atoms with Gasteiger partial charge < -0.3 is 9.73 Å². The van der Waals surface area contributed by atoms with Crippen molar-refractivity contribution in [3.05, 3.63) is 95.0 Å². The minimum absolute atomic E-state index is 0.235. The molecule has 30 heavy (non-hydrogen) atoms. The molecule has 0 aliphatic heterocycles. The van der Waals surface area contributed by atoms with E-state index < -0.39 is 11.8 Å². The smallest absolute Gasteiger partial charge is 0.269 e. The molecule has 3 rings (SSSR count). The Bertz CT molecular complexity index is 1100. The Balaban J connectivity index is 1.51. The first kappa shape index (κ1) is 20.6. The van der Waals surface area contributed by atoms with Gasteiger partial charge in [-0.05, 0) is 68.5 Å². The van der Waals surface area contributed by atoms with Crippen molar-refractivity contribution in [1.82, 2.24) is 10.9 Å². The number of hydrazine groups is 1. The quantitative estimate of drug-likeness (QED) is 0.447. The maximum absolute atomic E-state index is 12.3. The molecule has 7 heteroatoms. The third-order valence-electron chi connectivity index (χ3n) is 4.14. The van der Waals surface area contributed by atoms with Crippen LogP contribution in [-0.4, -0.2) is 17.7 Å². The summed E-state index contributed by atoms with van der Waals surface area (Å²) in [5.74, 6) is 0.0578. The highest BCUT2D eigenvalue weighted by molar-refractivity contribution is 6.04. The molecule has 0 spiro atoms. The summed E-state index contributed by atoms with van der Waals surface area (Å²) in [6, 6.07) is 17.1. The molecular formula is C23H21N3O4. The lowest BCUT2D eigenvalue weighted by Crippen LogP contribution is -2.40. The monoisotopic (exact) mass is 403 g/mol. The van der Waals surface area contributed by atoms with E-state index in [0.29, 0.717) is 22.6 Å². The first-order chi connectivity index (χ1) is 14.4. The SMILES string of the molecule is Cc1cccc(C(=O)Nc2ccc(C(=O)NNC(=O)/C=C/c3ccc(C)o3)cc2)c1. The minimum Gasteiger partial charge on any atom is -0.462 e. The molecule has 3 N–H and O–H groups in total. The third kappa shape index (κ3) is 5.68. The lowest BCUT2D eigenvalue weighted by Gasteiger charge is -2.08. The fraction of sp³-hybridized carbons (Fsp3) is 0.0870. The van der Waals surface area contributed by atoms with Gasteiger partial charge in [-0.3, -0.25) is 25.2 Å². The molecule has 1 aromatic heterocycles. The molecule has 0 saturated carbocycles. The van der Waals surface area contributed by atoms with Gasteiger partial charge in [-0.2, -0.15) is 0 Å². The van der Waals surface area contributed by atoms with E-state index in [9.17, 15) is 14.4 Å². The number of benzene rings is 2. The zero-order valence-corrected chi connectivity index (χ0v) is 16.6. The summed E-state index contributed by atoms with van der Waals surface area (Å²) < 4.78 is 5.32. The standard InChI is InChI=1S/C23H21N3O4/c1-15-4-3-5-18(14-15)22(28)24-19-9-7-17(8-10-19)23(29)26-25-21(27)13-12-20-11-6-16(2)30-20/h3-14H,1-2H3,(H,24,28)(H,25,27)(H,26,29)/b13-12+. The highest BCUT2D eigenvalue weighted by Gasteiger charge is 2.09. The van der Waals surface area contributed by atoms with Crippen molar-refractivity contribution < 1.29 is 18.8 Å². The van der Waals surface area contributed by atoms with E-state index in [2.05, 4.69) is 16.2 Å². The third-order valence-corrected chi connectivity index (χ3v) is 4.14. The molecule has 2 aromatic carbocycles. The van der Waals surface area contributed by atoms with Gasteiger partial charge in [-0.15, -0.1) is 0 Å². The number of hydrogen-bond acceptors (Lipinski definition) is 4. The fourth-order valence-electron chi connectivity index (χ4n) is 2.63. The van der Waals surface area contributed by atoms with Crippen LogP contribution in [0.3, 0.4) is 0 Å². The molecule has 152 valence electrons. The average molecular weight is 403 g/mol. The van der Waals surface area contributed by atoms with Crippen molar-refractivity contribution in [3.8, 4) is 0 Å². The fourth-order valence-corrected chi connectivity index (χ4v) is 2.63. The molecule has 0 unspecified atom stereocenters. The number of carbonyl (C=O) groups is 3. The van der Waals surface area contributed by atoms with Crippen LogP contribution in [0.15, 0.2) is 71.2 Å². The summed E-state index contributed by atoms with van der Waals surface area (Å²) in [5.41, 5.74) is 7.05. The zero-order chi connectivity index (χ0) is 21.5. The molecule has 0 aliphatic rings. The van der Waals surface area contributed by atoms with Crippen molar-refractivity contribution in [2.24, 2.45) is 0 Å². The van der Waals surface area contributed by atoms with Crippen LogP contribution in [0, 0.1) is 13.8 Å². The van der Waals surface area contributed by atoms with Crippen LogP contribution < -0.4 is 16.2 Å². The topological polar surface area (TPSA) is 100 Å². The molecule has 0 saturated heterocycles. The second-order valence-corrected chi connectivity index (χ2v) is 6.63. The van der Waals surface area contributed by atoms with Crippen molar-refractivity contribution in [2.75, 3.05) is 5.32 Å². The number of rotatable bonds is 5. The molecule has 1 heterocycles. The summed E-state index contributed by atoms with van der Waals surface area (Å²) in [5, 5.41) is 2.78. The summed E-state index contributed by atoms with van der Waals surface area (Å²) in [7, 11) is 0. The zero-order valence-electron chi connectivity index (χ0n) is 16.6. The number of aryl methyl sites for hydroxylation is 2. The minimum atomic E-state index is -0.501. The van der Waals surface area contributed by atoms with Crippen molar-refractivity contribution in [1.29, 1.82) is 0 Å². The highest BCUT2D eigenvalue weighted by atomic mass is 16.3. The van der Waals surface area contributed by atoms with Crippen LogP contribution in [-0.2, 0) is 4.79 Å². The van der Waals surface area contributed by atoms with Crippen LogP contribution >= 0.6 is 0 Å². The van der Waals surface area contributed by atoms with Crippen LogP contribution in [0.5, 0.6) is 0 Å². The predicted octanol–water partition coefficient (Wildman–Crippen LogP) is 3.62. The molecule has 7 nitrogen and oxygen atoms in total. The van der Waals surface area contributed by atoms with Crippen LogP contribution in [0.25, 0.3) is 6.08 Å². The molecule has 0 aliphatic carbocycles. The Morgan fingerprint density at radius 2 is 1.60 bits per heavy atom. The van der Waals surface area contributed by atoms with Crippen molar-refractivity contribution in [2.45, 2.75) is 13.8 Å². The maximum Gasteiger partial charge on any atom is 0.269 e. The lowest BCUT2D eigenvalue weighted by molar-refractivity contribution is -0.117. The number of anilines is 1. The Morgan fingerprint density at radius 3 is 2.27 bits per heavy atom. The van der Waals surface area contributed by atoms with Gasteiger partial charge in [0, 0.05) is 22.9 Å². The first-order valence-electron chi connectivity index (χ1n) is 9.23. The average Bonchev–Trinajstić information content (AvgIpc) is 3.16. The first-order valence-corrected chi connectivity index (χ1v) is 9.23. The van der Waals surface area contributed by atoms with E-state index in [1.165, 1.54) is 12.2 Å². The van der Waals surface area contributed by atoms with Gasteiger partial charge in [0.15, 0.2) is 0 Å². The predicted molar refractivity (Wildman–Crippen MR) is 114 cm³/mol. The molecule has 3 aromatic rings. The van der Waals surface area contributed by atoms with E-state index in [0.717, 1.165) is 11.3 Å². The molecule has 3 amide bonds. The van der Waals surface area contributed by atoms with Crippen LogP contribution in [0.4, 0.5) is 5.69 Å². The van der Waals surface area contributed by atoms with Crippen molar-refractivity contribution in [3.63, 3.8) is 0 Å². The van der Waals surface area contributed by atoms with Gasteiger partial charge >= 0.3 is 0 Å². The number of carbonyl (C=O) groups excluding carboxylic acids is 3. The Morgan fingerprint density at radius 1 is 0.833 bits per heavy atom. The van der Waals surface area contributed by atoms with Gasteiger partial charge in [0.2, 0.25) is 0 Å². The molecule has 0 radical (unpaired) electrons. The summed E-state index contributed by atoms with van der Waals surface area (Å²) in [4.78, 5) is 36.2. The van der Waals surface area contributed by atoms with Crippen LogP contribution in [0.1, 0.15) is 37.8 Å². The van der Waals surface area contributed by atoms with Gasteiger partial charge in [-0.25, -0.2) is 0 Å². The van der Waals surface area contributed by atoms with E-state index in [1.807, 2.05) is 19.1 Å². The number of furan rings is 1. The second kappa shape index (κ2) is 9.38. The van der Waals surface area contributed by atoms with E-state index in [4.69, 9.17) is 4.42 Å². The second-order valence-electron chi connectivity index (χ2n) is 6.63. The highest BCUT2D eigenvalue weighted by Crippen LogP contribution is 2.12. The largest absolute Gasteiger partial charge is 0.462 e. The molecule has 0 atom stereocenters. The van der Waals surface area contributed by atoms with E-state index >= 15 is 0 Å². The molecule has 0 bridgehead atoms. The maximum atomic E-state index is 12.3. The van der Waals surface area contributed by atoms with Crippen molar-refractivity contribution >= 4 is 29.5 Å². The van der Waals surface area contributed by atoms with Crippen LogP contribution in [0.2, 0.25) is 0 Å². The van der Waals surface area contributed by atoms with Gasteiger partial charge in [0.1, 0.15) is 11.5 Å². The number of hydrogen-bond donors (Lipinski definition) is 3. The molecular weight excluding hydrogens is 382 g/mol. The Labute approximate surface area is 173 Å². The Kier molecular flexibility index (Phi) is 6.44. The number of nitrogens with one attached hydrogen (secondary N) is 3. The summed E-state index contributed by atoms with van der Waals surface area (Å²) in [6.07, 6.45) is 2.75. The van der Waals surface area contributed by atoms with Gasteiger partial charge in [0.25, 0.3) is 17.7 Å². The van der Waals surface area contributed by atoms with Gasteiger partial charge in [0.05, 0.1) is 0 Å². The van der Waals surface area contributed by atoms with Gasteiger partial charge in [-0.1, -0.05) is 17.7 Å². The molecule has 0 fully saturated rings.